The molecule has 0 saturated carbocycles. The Balaban J connectivity index is 1.66. The zero-order valence-electron chi connectivity index (χ0n) is 12.1. The van der Waals surface area contributed by atoms with Gasteiger partial charge in [-0.25, -0.2) is 4.68 Å². The zero-order valence-corrected chi connectivity index (χ0v) is 14.2. The van der Waals surface area contributed by atoms with Crippen LogP contribution in [-0.2, 0) is 13.2 Å². The highest BCUT2D eigenvalue weighted by atomic mass is 127. The smallest absolute Gasteiger partial charge is 0.234 e. The topological polar surface area (TPSA) is 118 Å². The summed E-state index contributed by atoms with van der Waals surface area (Å²) < 4.78 is 7.98. The van der Waals surface area contributed by atoms with Gasteiger partial charge in [-0.3, -0.25) is 0 Å². The van der Waals surface area contributed by atoms with Gasteiger partial charge in [-0.2, -0.15) is 9.97 Å². The average molecular weight is 423 g/mol. The summed E-state index contributed by atoms with van der Waals surface area (Å²) in [5.41, 5.74) is 13.1. The van der Waals surface area contributed by atoms with Gasteiger partial charge in [-0.15, -0.1) is 5.10 Å². The molecule has 0 spiro atoms. The Morgan fingerprint density at radius 2 is 1.91 bits per heavy atom. The fraction of sp³-hybridized carbons (Fsp3) is 0.143. The number of anilines is 2. The van der Waals surface area contributed by atoms with Gasteiger partial charge in [0.05, 0.1) is 12.7 Å². The van der Waals surface area contributed by atoms with Crippen molar-refractivity contribution in [1.82, 2.24) is 25.0 Å². The van der Waals surface area contributed by atoms with Gasteiger partial charge in [0, 0.05) is 0 Å². The summed E-state index contributed by atoms with van der Waals surface area (Å²) in [6.45, 7) is 0.874. The lowest BCUT2D eigenvalue weighted by atomic mass is 10.2. The number of benzene rings is 1. The maximum Gasteiger partial charge on any atom is 0.234 e. The number of hydrogen-bond donors (Lipinski definition) is 2. The Bertz CT molecular complexity index is 806. The molecule has 8 nitrogen and oxygen atoms in total. The molecule has 0 atom stereocenters. The molecule has 0 bridgehead atoms. The minimum atomic E-state index is 0.0747. The lowest BCUT2D eigenvalue weighted by Gasteiger charge is -2.07. The van der Waals surface area contributed by atoms with Crippen molar-refractivity contribution in [3.8, 4) is 5.88 Å². The van der Waals surface area contributed by atoms with Crippen LogP contribution < -0.4 is 16.2 Å². The fourth-order valence-corrected chi connectivity index (χ4v) is 2.35. The van der Waals surface area contributed by atoms with Gasteiger partial charge in [0.25, 0.3) is 0 Å². The molecule has 23 heavy (non-hydrogen) atoms. The average Bonchev–Trinajstić information content (AvgIpc) is 2.98. The van der Waals surface area contributed by atoms with Crippen LogP contribution in [0.25, 0.3) is 0 Å². The number of rotatable bonds is 5. The molecule has 0 aliphatic carbocycles. The second-order valence-electron chi connectivity index (χ2n) is 4.77. The van der Waals surface area contributed by atoms with Crippen molar-refractivity contribution in [3.05, 3.63) is 51.4 Å². The Kier molecular flexibility index (Phi) is 4.55. The highest BCUT2D eigenvalue weighted by Crippen LogP contribution is 2.24. The van der Waals surface area contributed by atoms with E-state index in [2.05, 4.69) is 20.3 Å². The number of ether oxygens (including phenoxy) is 1. The molecule has 0 amide bonds. The number of halogens is 1. The zero-order chi connectivity index (χ0) is 16.2. The Hall–Kier alpha value is -2.43. The lowest BCUT2D eigenvalue weighted by Crippen LogP contribution is -2.07. The minimum Gasteiger partial charge on any atom is -0.470 e. The lowest BCUT2D eigenvalue weighted by molar-refractivity contribution is 0.287. The summed E-state index contributed by atoms with van der Waals surface area (Å²) in [6.07, 6.45) is 1.83. The van der Waals surface area contributed by atoms with E-state index < -0.39 is 0 Å². The Labute approximate surface area is 146 Å². The predicted molar refractivity (Wildman–Crippen MR) is 93.5 cm³/mol. The molecule has 9 heteroatoms. The van der Waals surface area contributed by atoms with E-state index in [1.165, 1.54) is 0 Å². The molecule has 0 saturated heterocycles. The monoisotopic (exact) mass is 423 g/mol. The Morgan fingerprint density at radius 3 is 2.70 bits per heavy atom. The first-order chi connectivity index (χ1) is 11.1. The second kappa shape index (κ2) is 6.77. The van der Waals surface area contributed by atoms with Crippen LogP contribution in [0.2, 0.25) is 0 Å². The van der Waals surface area contributed by atoms with Gasteiger partial charge < -0.3 is 16.2 Å². The van der Waals surface area contributed by atoms with Crippen LogP contribution >= 0.6 is 22.6 Å². The van der Waals surface area contributed by atoms with E-state index >= 15 is 0 Å². The van der Waals surface area contributed by atoms with Gasteiger partial charge in [-0.1, -0.05) is 35.5 Å². The van der Waals surface area contributed by atoms with E-state index in [9.17, 15) is 0 Å². The third-order valence-electron chi connectivity index (χ3n) is 2.99. The van der Waals surface area contributed by atoms with Gasteiger partial charge in [-0.05, 0) is 28.2 Å². The van der Waals surface area contributed by atoms with E-state index in [0.717, 1.165) is 5.56 Å². The van der Waals surface area contributed by atoms with Crippen molar-refractivity contribution in [2.24, 2.45) is 0 Å². The summed E-state index contributed by atoms with van der Waals surface area (Å²) in [4.78, 5) is 7.89. The van der Waals surface area contributed by atoms with E-state index in [1.54, 1.807) is 4.68 Å². The van der Waals surface area contributed by atoms with E-state index in [-0.39, 0.29) is 12.6 Å². The molecule has 1 aromatic carbocycles. The molecule has 4 N–H and O–H groups in total. The number of nitrogens with two attached hydrogens (primary N) is 2. The maximum absolute atomic E-state index is 5.73. The first-order valence-electron chi connectivity index (χ1n) is 6.76. The van der Waals surface area contributed by atoms with Crippen molar-refractivity contribution in [2.75, 3.05) is 11.5 Å². The number of aromatic nitrogens is 5. The highest BCUT2D eigenvalue weighted by Gasteiger charge is 2.11. The van der Waals surface area contributed by atoms with E-state index in [1.807, 2.05) is 59.1 Å². The molecular formula is C14H14IN7O. The molecule has 118 valence electrons. The molecule has 2 aromatic heterocycles. The molecule has 3 aromatic rings. The molecule has 0 aliphatic rings. The molecule has 0 aliphatic heterocycles. The first kappa shape index (κ1) is 15.5. The molecule has 0 radical (unpaired) electrons. The molecule has 0 unspecified atom stereocenters. The fourth-order valence-electron chi connectivity index (χ4n) is 1.95. The number of nitrogen functional groups attached to an aromatic ring is 2. The van der Waals surface area contributed by atoms with E-state index in [0.29, 0.717) is 27.5 Å². The molecule has 3 rings (SSSR count). The SMILES string of the molecule is Nc1nc(N)c(I)c(OCc2cn(Cc3ccccc3)nn2)n1. The van der Waals surface area contributed by atoms with Gasteiger partial charge in [0.1, 0.15) is 21.7 Å². The van der Waals surface area contributed by atoms with Crippen LogP contribution in [0.1, 0.15) is 11.3 Å². The molecular weight excluding hydrogens is 409 g/mol. The third kappa shape index (κ3) is 3.86. The van der Waals surface area contributed by atoms with E-state index in [4.69, 9.17) is 16.2 Å². The summed E-state index contributed by atoms with van der Waals surface area (Å²) in [6, 6.07) is 10.0. The van der Waals surface area contributed by atoms with Gasteiger partial charge in [0.15, 0.2) is 0 Å². The standard InChI is InChI=1S/C14H14IN7O/c15-11-12(16)18-14(17)19-13(11)23-8-10-7-22(21-20-10)6-9-4-2-1-3-5-9/h1-5,7H,6,8H2,(H4,16,17,18,19). The molecule has 0 fully saturated rings. The van der Waals surface area contributed by atoms with Crippen LogP contribution in [0.5, 0.6) is 5.88 Å². The minimum absolute atomic E-state index is 0.0747. The largest absolute Gasteiger partial charge is 0.470 e. The Morgan fingerprint density at radius 1 is 1.13 bits per heavy atom. The summed E-state index contributed by atoms with van der Waals surface area (Å²) >= 11 is 2.01. The summed E-state index contributed by atoms with van der Waals surface area (Å²) in [7, 11) is 0. The maximum atomic E-state index is 5.73. The first-order valence-corrected chi connectivity index (χ1v) is 7.84. The van der Waals surface area contributed by atoms with Crippen LogP contribution in [0.4, 0.5) is 11.8 Å². The van der Waals surface area contributed by atoms with Crippen LogP contribution in [0.15, 0.2) is 36.5 Å². The van der Waals surface area contributed by atoms with Crippen molar-refractivity contribution in [1.29, 1.82) is 0 Å². The third-order valence-corrected chi connectivity index (χ3v) is 4.01. The van der Waals surface area contributed by atoms with Crippen molar-refractivity contribution >= 4 is 34.4 Å². The van der Waals surface area contributed by atoms with Gasteiger partial charge >= 0.3 is 0 Å². The summed E-state index contributed by atoms with van der Waals surface area (Å²) in [5, 5.41) is 8.17. The van der Waals surface area contributed by atoms with Crippen LogP contribution in [-0.4, -0.2) is 25.0 Å². The van der Waals surface area contributed by atoms with Crippen molar-refractivity contribution < 1.29 is 4.74 Å². The van der Waals surface area contributed by atoms with Gasteiger partial charge in [0.2, 0.25) is 11.8 Å². The van der Waals surface area contributed by atoms with Crippen LogP contribution in [0.3, 0.4) is 0 Å². The molecule has 2 heterocycles. The van der Waals surface area contributed by atoms with Crippen LogP contribution in [0, 0.1) is 3.57 Å². The summed E-state index contributed by atoms with van der Waals surface area (Å²) in [5.74, 6) is 0.708. The number of hydrogen-bond acceptors (Lipinski definition) is 7. The number of nitrogens with zero attached hydrogens (tertiary/aromatic N) is 5. The quantitative estimate of drug-likeness (QED) is 0.597. The van der Waals surface area contributed by atoms with Crippen molar-refractivity contribution in [2.45, 2.75) is 13.2 Å². The predicted octanol–water partition coefficient (Wildman–Crippen LogP) is 1.46. The normalized spacial score (nSPS) is 10.7. The van der Waals surface area contributed by atoms with Crippen molar-refractivity contribution in [3.63, 3.8) is 0 Å². The second-order valence-corrected chi connectivity index (χ2v) is 5.85. The highest BCUT2D eigenvalue weighted by molar-refractivity contribution is 14.1.